The van der Waals surface area contributed by atoms with Gasteiger partial charge >= 0.3 is 0 Å². The van der Waals surface area contributed by atoms with E-state index in [-0.39, 0.29) is 5.91 Å². The number of benzene rings is 1. The van der Waals surface area contributed by atoms with E-state index in [2.05, 4.69) is 17.3 Å². The lowest BCUT2D eigenvalue weighted by Gasteiger charge is -2.30. The fourth-order valence-corrected chi connectivity index (χ4v) is 3.38. The van der Waals surface area contributed by atoms with Gasteiger partial charge in [-0.25, -0.2) is 0 Å². The summed E-state index contributed by atoms with van der Waals surface area (Å²) in [7, 11) is 3.67. The first kappa shape index (κ1) is 17.1. The van der Waals surface area contributed by atoms with Gasteiger partial charge in [-0.2, -0.15) is 0 Å². The molecule has 1 N–H and O–H groups in total. The number of likely N-dealkylation sites (tertiary alicyclic amines) is 1. The van der Waals surface area contributed by atoms with E-state index >= 15 is 0 Å². The molecule has 1 aliphatic rings. The van der Waals surface area contributed by atoms with Crippen molar-refractivity contribution in [2.45, 2.75) is 44.7 Å². The van der Waals surface area contributed by atoms with E-state index in [1.807, 2.05) is 26.0 Å². The Balaban J connectivity index is 2.10. The molecule has 1 amide bonds. The van der Waals surface area contributed by atoms with Gasteiger partial charge in [-0.05, 0) is 46.3 Å². The van der Waals surface area contributed by atoms with Crippen molar-refractivity contribution in [2.24, 2.45) is 0 Å². The molecule has 1 aliphatic heterocycles. The minimum Gasteiger partial charge on any atom is -0.495 e. The van der Waals surface area contributed by atoms with E-state index in [0.717, 1.165) is 18.5 Å². The van der Waals surface area contributed by atoms with Crippen LogP contribution >= 0.6 is 11.6 Å². The van der Waals surface area contributed by atoms with E-state index in [9.17, 15) is 4.79 Å². The summed E-state index contributed by atoms with van der Waals surface area (Å²) in [4.78, 5) is 14.7. The van der Waals surface area contributed by atoms with Gasteiger partial charge in [-0.3, -0.25) is 4.79 Å². The van der Waals surface area contributed by atoms with Crippen LogP contribution in [0.3, 0.4) is 0 Å². The second-order valence-electron chi connectivity index (χ2n) is 6.47. The summed E-state index contributed by atoms with van der Waals surface area (Å²) < 4.78 is 5.40. The molecule has 0 saturated carbocycles. The third kappa shape index (κ3) is 3.73. The number of hydrogen-bond donors (Lipinski definition) is 1. The molecule has 1 heterocycles. The molecule has 1 aromatic carbocycles. The number of nitrogens with one attached hydrogen (secondary N) is 1. The SMILES string of the molecule is COc1c(Cl)cccc1C(C)(C)NC(=O)C[C@@H]1CCCN1C. The molecule has 1 saturated heterocycles. The molecule has 1 fully saturated rings. The van der Waals surface area contributed by atoms with Gasteiger partial charge in [-0.1, -0.05) is 23.7 Å². The first-order valence-electron chi connectivity index (χ1n) is 7.69. The molecule has 0 unspecified atom stereocenters. The lowest BCUT2D eigenvalue weighted by Crippen LogP contribution is -2.43. The Bertz CT molecular complexity index is 545. The zero-order valence-corrected chi connectivity index (χ0v) is 14.5. The molecule has 0 radical (unpaired) electrons. The number of hydrogen-bond acceptors (Lipinski definition) is 3. The number of rotatable bonds is 5. The Morgan fingerprint density at radius 2 is 2.23 bits per heavy atom. The molecule has 0 aliphatic carbocycles. The summed E-state index contributed by atoms with van der Waals surface area (Å²) in [6.07, 6.45) is 2.79. The number of para-hydroxylation sites is 1. The van der Waals surface area contributed by atoms with Crippen LogP contribution in [0.4, 0.5) is 0 Å². The summed E-state index contributed by atoms with van der Waals surface area (Å²) in [6.45, 7) is 5.01. The minimum atomic E-state index is -0.537. The summed E-state index contributed by atoms with van der Waals surface area (Å²) in [6, 6.07) is 5.94. The Morgan fingerprint density at radius 3 is 2.82 bits per heavy atom. The third-order valence-electron chi connectivity index (χ3n) is 4.39. The van der Waals surface area contributed by atoms with Gasteiger partial charge in [0, 0.05) is 18.0 Å². The smallest absolute Gasteiger partial charge is 0.222 e. The zero-order valence-electron chi connectivity index (χ0n) is 13.8. The highest BCUT2D eigenvalue weighted by Gasteiger charge is 2.30. The third-order valence-corrected chi connectivity index (χ3v) is 4.69. The molecule has 122 valence electrons. The van der Waals surface area contributed by atoms with Crippen LogP contribution in [-0.2, 0) is 10.3 Å². The lowest BCUT2D eigenvalue weighted by molar-refractivity contribution is -0.123. The first-order valence-corrected chi connectivity index (χ1v) is 8.07. The number of carbonyl (C=O) groups is 1. The van der Waals surface area contributed by atoms with Crippen molar-refractivity contribution in [3.8, 4) is 5.75 Å². The average Bonchev–Trinajstić information content (AvgIpc) is 2.83. The largest absolute Gasteiger partial charge is 0.495 e. The van der Waals surface area contributed by atoms with Gasteiger partial charge < -0.3 is 15.0 Å². The Kier molecular flexibility index (Phi) is 5.35. The molecule has 0 aromatic heterocycles. The van der Waals surface area contributed by atoms with Crippen molar-refractivity contribution in [1.82, 2.24) is 10.2 Å². The van der Waals surface area contributed by atoms with Crippen molar-refractivity contribution in [3.05, 3.63) is 28.8 Å². The molecule has 1 aromatic rings. The highest BCUT2D eigenvalue weighted by molar-refractivity contribution is 6.32. The number of methoxy groups -OCH3 is 1. The quantitative estimate of drug-likeness (QED) is 0.904. The van der Waals surface area contributed by atoms with Gasteiger partial charge in [0.1, 0.15) is 5.75 Å². The van der Waals surface area contributed by atoms with Gasteiger partial charge in [0.25, 0.3) is 0 Å². The van der Waals surface area contributed by atoms with Crippen LogP contribution in [0.5, 0.6) is 5.75 Å². The van der Waals surface area contributed by atoms with Gasteiger partial charge in [-0.15, -0.1) is 0 Å². The Morgan fingerprint density at radius 1 is 1.50 bits per heavy atom. The first-order chi connectivity index (χ1) is 10.3. The van der Waals surface area contributed by atoms with Crippen molar-refractivity contribution < 1.29 is 9.53 Å². The molecule has 1 atom stereocenters. The van der Waals surface area contributed by atoms with Gasteiger partial charge in [0.05, 0.1) is 17.7 Å². The number of nitrogens with zero attached hydrogens (tertiary/aromatic N) is 1. The maximum absolute atomic E-state index is 12.4. The summed E-state index contributed by atoms with van der Waals surface area (Å²) in [5.74, 6) is 0.679. The molecule has 0 bridgehead atoms. The maximum Gasteiger partial charge on any atom is 0.222 e. The predicted molar refractivity (Wildman–Crippen MR) is 89.4 cm³/mol. The predicted octanol–water partition coefficient (Wildman–Crippen LogP) is 3.18. The molecule has 22 heavy (non-hydrogen) atoms. The van der Waals surface area contributed by atoms with Crippen LogP contribution in [0.2, 0.25) is 5.02 Å². The van der Waals surface area contributed by atoms with Gasteiger partial charge in [0.2, 0.25) is 5.91 Å². The maximum atomic E-state index is 12.4. The van der Waals surface area contributed by atoms with Crippen molar-refractivity contribution >= 4 is 17.5 Å². The monoisotopic (exact) mass is 324 g/mol. The average molecular weight is 325 g/mol. The van der Waals surface area contributed by atoms with E-state index in [1.54, 1.807) is 13.2 Å². The van der Waals surface area contributed by atoms with E-state index in [1.165, 1.54) is 6.42 Å². The van der Waals surface area contributed by atoms with E-state index in [0.29, 0.717) is 23.2 Å². The van der Waals surface area contributed by atoms with Crippen molar-refractivity contribution in [3.63, 3.8) is 0 Å². The van der Waals surface area contributed by atoms with E-state index < -0.39 is 5.54 Å². The lowest BCUT2D eigenvalue weighted by atomic mass is 9.92. The van der Waals surface area contributed by atoms with Crippen LogP contribution in [-0.4, -0.2) is 37.6 Å². The Labute approximate surface area is 137 Å². The number of amides is 1. The molecule has 0 spiro atoms. The number of halogens is 1. The molecule has 2 rings (SSSR count). The summed E-state index contributed by atoms with van der Waals surface area (Å²) >= 11 is 6.18. The minimum absolute atomic E-state index is 0.0609. The number of ether oxygens (including phenoxy) is 1. The number of carbonyl (C=O) groups excluding carboxylic acids is 1. The van der Waals surface area contributed by atoms with Crippen LogP contribution in [0.25, 0.3) is 0 Å². The fourth-order valence-electron chi connectivity index (χ4n) is 3.13. The van der Waals surface area contributed by atoms with Crippen LogP contribution in [0.15, 0.2) is 18.2 Å². The van der Waals surface area contributed by atoms with Crippen LogP contribution in [0, 0.1) is 0 Å². The summed E-state index contributed by atoms with van der Waals surface area (Å²) in [5, 5.41) is 3.67. The molecule has 5 heteroatoms. The second-order valence-corrected chi connectivity index (χ2v) is 6.88. The fraction of sp³-hybridized carbons (Fsp3) is 0.588. The van der Waals surface area contributed by atoms with Crippen molar-refractivity contribution in [2.75, 3.05) is 20.7 Å². The van der Waals surface area contributed by atoms with Crippen LogP contribution < -0.4 is 10.1 Å². The molecular formula is C17H25ClN2O2. The second kappa shape index (κ2) is 6.88. The van der Waals surface area contributed by atoms with Crippen molar-refractivity contribution in [1.29, 1.82) is 0 Å². The van der Waals surface area contributed by atoms with E-state index in [4.69, 9.17) is 16.3 Å². The van der Waals surface area contributed by atoms with Gasteiger partial charge in [0.15, 0.2) is 0 Å². The molecule has 4 nitrogen and oxygen atoms in total. The molecular weight excluding hydrogens is 300 g/mol. The normalized spacial score (nSPS) is 19.2. The van der Waals surface area contributed by atoms with Crippen LogP contribution in [0.1, 0.15) is 38.7 Å². The Hall–Kier alpha value is -1.26. The highest BCUT2D eigenvalue weighted by atomic mass is 35.5. The highest BCUT2D eigenvalue weighted by Crippen LogP contribution is 2.35. The standard InChI is InChI=1S/C17H25ClN2O2/c1-17(2,13-8-5-9-14(18)16(13)22-4)19-15(21)11-12-7-6-10-20(12)3/h5,8-9,12H,6-7,10-11H2,1-4H3,(H,19,21)/t12-/m0/s1. The summed E-state index contributed by atoms with van der Waals surface area (Å²) in [5.41, 5.74) is 0.348. The topological polar surface area (TPSA) is 41.6 Å². The zero-order chi connectivity index (χ0) is 16.3.